The number of nitrogens with zero attached hydrogens (tertiary/aromatic N) is 2. The summed E-state index contributed by atoms with van der Waals surface area (Å²) in [4.78, 5) is 29.7. The first kappa shape index (κ1) is 21.9. The number of fused-ring (bicyclic) bond motifs is 4. The number of carbonyl (C=O) groups is 1. The molecule has 1 fully saturated rings. The third kappa shape index (κ3) is 4.37. The van der Waals surface area contributed by atoms with E-state index in [0.29, 0.717) is 24.9 Å². The first-order chi connectivity index (χ1) is 12.2. The lowest BCUT2D eigenvalue weighted by molar-refractivity contribution is 0.0948. The van der Waals surface area contributed by atoms with Gasteiger partial charge in [0.2, 0.25) is 0 Å². The molecule has 0 aliphatic carbocycles. The number of piperidine rings is 1. The van der Waals surface area contributed by atoms with Crippen LogP contribution in [0.4, 0.5) is 0 Å². The van der Waals surface area contributed by atoms with E-state index in [1.54, 1.807) is 6.07 Å². The predicted octanol–water partition coefficient (Wildman–Crippen LogP) is 2.35. The molecular formula is C18H24Cl2N4O2S. The smallest absolute Gasteiger partial charge is 0.263 e. The van der Waals surface area contributed by atoms with Crippen molar-refractivity contribution >= 4 is 42.1 Å². The minimum atomic E-state index is -0.317. The number of aromatic nitrogens is 2. The second kappa shape index (κ2) is 9.19. The number of nitrogens with one attached hydrogen (secondary N) is 2. The van der Waals surface area contributed by atoms with Crippen molar-refractivity contribution in [3.8, 4) is 0 Å². The second-order valence-electron chi connectivity index (χ2n) is 6.81. The quantitative estimate of drug-likeness (QED) is 0.780. The van der Waals surface area contributed by atoms with Crippen LogP contribution in [-0.4, -0.2) is 28.5 Å². The van der Waals surface area contributed by atoms with Crippen LogP contribution in [0.1, 0.15) is 46.0 Å². The molecule has 2 atom stereocenters. The number of rotatable bonds is 4. The molecule has 2 aromatic heterocycles. The van der Waals surface area contributed by atoms with Gasteiger partial charge in [0.05, 0.1) is 12.2 Å². The van der Waals surface area contributed by atoms with Gasteiger partial charge in [-0.1, -0.05) is 6.92 Å². The van der Waals surface area contributed by atoms with E-state index < -0.39 is 0 Å². The van der Waals surface area contributed by atoms with Gasteiger partial charge in [0.15, 0.2) is 0 Å². The second-order valence-corrected chi connectivity index (χ2v) is 7.76. The summed E-state index contributed by atoms with van der Waals surface area (Å²) in [6.07, 6.45) is 2.01. The molecular weight excluding hydrogens is 407 g/mol. The van der Waals surface area contributed by atoms with E-state index in [2.05, 4.69) is 22.5 Å². The summed E-state index contributed by atoms with van der Waals surface area (Å²) < 4.78 is 1.81. The molecule has 9 heteroatoms. The maximum atomic E-state index is 12.8. The van der Waals surface area contributed by atoms with E-state index in [1.165, 1.54) is 11.3 Å². The lowest BCUT2D eigenvalue weighted by Gasteiger charge is -2.37. The molecule has 0 saturated carbocycles. The lowest BCUT2D eigenvalue weighted by atomic mass is 9.84. The molecule has 2 N–H and O–H groups in total. The molecule has 0 radical (unpaired) electrons. The zero-order chi connectivity index (χ0) is 17.4. The van der Waals surface area contributed by atoms with Crippen molar-refractivity contribution in [2.45, 2.75) is 38.8 Å². The molecule has 4 heterocycles. The van der Waals surface area contributed by atoms with Crippen LogP contribution in [-0.2, 0) is 19.5 Å². The lowest BCUT2D eigenvalue weighted by Crippen LogP contribution is -2.46. The van der Waals surface area contributed by atoms with Crippen LogP contribution in [0.2, 0.25) is 0 Å². The van der Waals surface area contributed by atoms with Crippen molar-refractivity contribution in [2.24, 2.45) is 5.92 Å². The van der Waals surface area contributed by atoms with E-state index in [4.69, 9.17) is 0 Å². The first-order valence-corrected chi connectivity index (χ1v) is 9.69. The van der Waals surface area contributed by atoms with Crippen LogP contribution in [0.3, 0.4) is 0 Å². The van der Waals surface area contributed by atoms with Gasteiger partial charge in [-0.05, 0) is 37.4 Å². The highest BCUT2D eigenvalue weighted by molar-refractivity contribution is 7.09. The average Bonchev–Trinajstić information content (AvgIpc) is 3.09. The normalized spacial score (nSPS) is 20.0. The zero-order valence-electron chi connectivity index (χ0n) is 15.1. The fraction of sp³-hybridized carbons (Fsp3) is 0.500. The summed E-state index contributed by atoms with van der Waals surface area (Å²) >= 11 is 1.53. The molecule has 1 saturated heterocycles. The molecule has 148 valence electrons. The van der Waals surface area contributed by atoms with E-state index in [9.17, 15) is 9.59 Å². The number of hydrogen-bond donors (Lipinski definition) is 2. The highest BCUT2D eigenvalue weighted by Gasteiger charge is 2.31. The molecule has 0 unspecified atom stereocenters. The monoisotopic (exact) mass is 430 g/mol. The molecule has 2 aliphatic heterocycles. The third-order valence-corrected chi connectivity index (χ3v) is 6.01. The topological polar surface area (TPSA) is 76.0 Å². The Morgan fingerprint density at radius 3 is 2.93 bits per heavy atom. The number of aryl methyl sites for hydroxylation is 1. The highest BCUT2D eigenvalue weighted by Crippen LogP contribution is 2.31. The fourth-order valence-electron chi connectivity index (χ4n) is 3.81. The van der Waals surface area contributed by atoms with Gasteiger partial charge < -0.3 is 15.2 Å². The molecule has 1 amide bonds. The van der Waals surface area contributed by atoms with Crippen molar-refractivity contribution in [3.63, 3.8) is 0 Å². The van der Waals surface area contributed by atoms with Gasteiger partial charge in [0.25, 0.3) is 11.5 Å². The number of hydrogen-bond acceptors (Lipinski definition) is 5. The predicted molar refractivity (Wildman–Crippen MR) is 112 cm³/mol. The van der Waals surface area contributed by atoms with Crippen LogP contribution < -0.4 is 16.2 Å². The van der Waals surface area contributed by atoms with E-state index in [1.807, 2.05) is 16.0 Å². The molecule has 0 spiro atoms. The third-order valence-electron chi connectivity index (χ3n) is 5.11. The molecule has 0 aromatic carbocycles. The maximum absolute atomic E-state index is 12.8. The van der Waals surface area contributed by atoms with E-state index in [0.717, 1.165) is 42.3 Å². The fourth-order valence-corrected chi connectivity index (χ4v) is 4.62. The van der Waals surface area contributed by atoms with Crippen LogP contribution in [0.5, 0.6) is 0 Å². The Kier molecular flexibility index (Phi) is 7.45. The molecule has 2 bridgehead atoms. The molecule has 6 nitrogen and oxygen atoms in total. The van der Waals surface area contributed by atoms with E-state index in [-0.39, 0.29) is 41.8 Å². The number of carbonyl (C=O) groups excluding carboxylic acids is 1. The van der Waals surface area contributed by atoms with Crippen LogP contribution in [0.25, 0.3) is 0 Å². The van der Waals surface area contributed by atoms with Crippen molar-refractivity contribution in [1.82, 2.24) is 20.2 Å². The summed E-state index contributed by atoms with van der Waals surface area (Å²) in [5.74, 6) is 0.535. The minimum Gasteiger partial charge on any atom is -0.345 e. The Bertz CT molecular complexity index is 867. The van der Waals surface area contributed by atoms with Gasteiger partial charge in [-0.3, -0.25) is 9.59 Å². The number of halogens is 2. The summed E-state index contributed by atoms with van der Waals surface area (Å²) in [6.45, 7) is 4.97. The summed E-state index contributed by atoms with van der Waals surface area (Å²) in [5.41, 5.74) is 2.14. The Labute approximate surface area is 174 Å². The average molecular weight is 431 g/mol. The van der Waals surface area contributed by atoms with E-state index >= 15 is 0 Å². The SMILES string of the molecule is CCc1csc(CNC(=O)c2ccc3n(c2=O)C[C@@H]2CNC[C@H]3C2)n1.Cl.Cl. The number of thiazole rings is 1. The van der Waals surface area contributed by atoms with Gasteiger partial charge in [0, 0.05) is 30.1 Å². The maximum Gasteiger partial charge on any atom is 0.263 e. The van der Waals surface area contributed by atoms with Gasteiger partial charge in [-0.2, -0.15) is 0 Å². The van der Waals surface area contributed by atoms with Crippen LogP contribution in [0.15, 0.2) is 22.3 Å². The first-order valence-electron chi connectivity index (χ1n) is 8.81. The summed E-state index contributed by atoms with van der Waals surface area (Å²) in [5, 5.41) is 9.13. The van der Waals surface area contributed by atoms with Crippen LogP contribution in [0, 0.1) is 5.92 Å². The largest absolute Gasteiger partial charge is 0.345 e. The van der Waals surface area contributed by atoms with Crippen molar-refractivity contribution in [2.75, 3.05) is 13.1 Å². The summed E-state index contributed by atoms with van der Waals surface area (Å²) in [7, 11) is 0. The Morgan fingerprint density at radius 2 is 2.19 bits per heavy atom. The number of pyridine rings is 1. The molecule has 2 aliphatic rings. The van der Waals surface area contributed by atoms with Gasteiger partial charge >= 0.3 is 0 Å². The standard InChI is InChI=1S/C18H22N4O2S.2ClH/c1-2-13-10-25-16(21-13)8-20-17(23)14-3-4-15-12-5-11(6-19-7-12)9-22(15)18(14)24;;/h3-4,10-12,19H,2,5-9H2,1H3,(H,20,23);2*1H/t11-,12+;;/m0../s1. The number of amides is 1. The zero-order valence-corrected chi connectivity index (χ0v) is 17.5. The highest BCUT2D eigenvalue weighted by atomic mass is 35.5. The van der Waals surface area contributed by atoms with Gasteiger partial charge in [-0.15, -0.1) is 36.2 Å². The van der Waals surface area contributed by atoms with Gasteiger partial charge in [-0.25, -0.2) is 4.98 Å². The Balaban J connectivity index is 0.00000131. The van der Waals surface area contributed by atoms with Crippen molar-refractivity contribution in [3.05, 3.63) is 49.8 Å². The van der Waals surface area contributed by atoms with Gasteiger partial charge in [0.1, 0.15) is 10.6 Å². The molecule has 4 rings (SSSR count). The van der Waals surface area contributed by atoms with Crippen molar-refractivity contribution < 1.29 is 4.79 Å². The molecule has 27 heavy (non-hydrogen) atoms. The minimum absolute atomic E-state index is 0. The van der Waals surface area contributed by atoms with Crippen LogP contribution >= 0.6 is 36.2 Å². The summed E-state index contributed by atoms with van der Waals surface area (Å²) in [6, 6.07) is 3.63. The van der Waals surface area contributed by atoms with Crippen molar-refractivity contribution in [1.29, 1.82) is 0 Å². The Morgan fingerprint density at radius 1 is 1.37 bits per heavy atom. The molecule has 2 aromatic rings. The Hall–Kier alpha value is -1.41.